The van der Waals surface area contributed by atoms with Crippen molar-refractivity contribution in [3.63, 3.8) is 0 Å². The molecule has 0 saturated carbocycles. The first-order valence-corrected chi connectivity index (χ1v) is 9.64. The van der Waals surface area contributed by atoms with E-state index in [0.717, 1.165) is 5.56 Å². The molecule has 0 unspecified atom stereocenters. The summed E-state index contributed by atoms with van der Waals surface area (Å²) in [5.74, 6) is -0.0735. The highest BCUT2D eigenvalue weighted by atomic mass is 35.5. The summed E-state index contributed by atoms with van der Waals surface area (Å²) in [6, 6.07) is 9.97. The molecule has 7 heteroatoms. The fourth-order valence-corrected chi connectivity index (χ4v) is 3.98. The summed E-state index contributed by atoms with van der Waals surface area (Å²) in [7, 11) is -3.72. The molecule has 0 bridgehead atoms. The van der Waals surface area contributed by atoms with Crippen molar-refractivity contribution in [2.24, 2.45) is 0 Å². The van der Waals surface area contributed by atoms with Crippen molar-refractivity contribution in [1.29, 1.82) is 0 Å². The second-order valence-electron chi connectivity index (χ2n) is 5.71. The van der Waals surface area contributed by atoms with Gasteiger partial charge in [0.15, 0.2) is 9.84 Å². The lowest BCUT2D eigenvalue weighted by Gasteiger charge is -2.17. The zero-order chi connectivity index (χ0) is 17.7. The Morgan fingerprint density at radius 2 is 1.88 bits per heavy atom. The lowest BCUT2D eigenvalue weighted by atomic mass is 10.0. The maximum atomic E-state index is 13.0. The Morgan fingerprint density at radius 3 is 2.38 bits per heavy atom. The summed E-state index contributed by atoms with van der Waals surface area (Å²) in [5, 5.41) is 1.51. The lowest BCUT2D eigenvalue weighted by molar-refractivity contribution is -0.118. The standard InChI is InChI=1S/C17H20ClNO4S/c1-12(2)13-5-7-14(8-6-13)24(21,22)16(11-19-17(20)10-18)15-4-3-9-23-15/h3-9,12,16H,10-11H2,1-2H3,(H,19,20)/t16-/m1/s1. The van der Waals surface area contributed by atoms with E-state index < -0.39 is 21.0 Å². The Balaban J connectivity index is 2.34. The molecule has 1 amide bonds. The topological polar surface area (TPSA) is 76.4 Å². The molecule has 0 fully saturated rings. The summed E-state index contributed by atoms with van der Waals surface area (Å²) >= 11 is 5.45. The minimum Gasteiger partial charge on any atom is -0.468 e. The molecule has 5 nitrogen and oxygen atoms in total. The zero-order valence-electron chi connectivity index (χ0n) is 13.5. The number of amides is 1. The van der Waals surface area contributed by atoms with Gasteiger partial charge in [-0.05, 0) is 35.7 Å². The van der Waals surface area contributed by atoms with Crippen LogP contribution in [-0.2, 0) is 14.6 Å². The Kier molecular flexibility index (Phi) is 6.07. The SMILES string of the molecule is CC(C)c1ccc(S(=O)(=O)[C@H](CNC(=O)CCl)c2ccco2)cc1. The molecule has 0 aliphatic heterocycles. The van der Waals surface area contributed by atoms with Gasteiger partial charge in [0.05, 0.1) is 11.2 Å². The van der Waals surface area contributed by atoms with Crippen LogP contribution in [0.15, 0.2) is 52.0 Å². The second kappa shape index (κ2) is 7.85. The highest BCUT2D eigenvalue weighted by Crippen LogP contribution is 2.29. The van der Waals surface area contributed by atoms with Gasteiger partial charge in [-0.2, -0.15) is 0 Å². The Bertz CT molecular complexity index is 767. The maximum Gasteiger partial charge on any atom is 0.234 e. The van der Waals surface area contributed by atoms with Gasteiger partial charge < -0.3 is 9.73 Å². The highest BCUT2D eigenvalue weighted by molar-refractivity contribution is 7.91. The monoisotopic (exact) mass is 369 g/mol. The molecule has 0 radical (unpaired) electrons. The molecule has 1 N–H and O–H groups in total. The average Bonchev–Trinajstić information content (AvgIpc) is 3.08. The van der Waals surface area contributed by atoms with Crippen molar-refractivity contribution < 1.29 is 17.6 Å². The molecule has 2 rings (SSSR count). The smallest absolute Gasteiger partial charge is 0.234 e. The minimum atomic E-state index is -3.72. The summed E-state index contributed by atoms with van der Waals surface area (Å²) in [4.78, 5) is 11.6. The third kappa shape index (κ3) is 4.19. The van der Waals surface area contributed by atoms with E-state index in [9.17, 15) is 13.2 Å². The number of carbonyl (C=O) groups is 1. The molecule has 0 aliphatic rings. The van der Waals surface area contributed by atoms with Gasteiger partial charge in [0.2, 0.25) is 5.91 Å². The van der Waals surface area contributed by atoms with E-state index in [1.54, 1.807) is 36.4 Å². The lowest BCUT2D eigenvalue weighted by Crippen LogP contribution is -2.32. The van der Waals surface area contributed by atoms with E-state index in [-0.39, 0.29) is 23.1 Å². The van der Waals surface area contributed by atoms with Gasteiger partial charge in [0.1, 0.15) is 16.9 Å². The van der Waals surface area contributed by atoms with Gasteiger partial charge in [-0.25, -0.2) is 8.42 Å². The first-order valence-electron chi connectivity index (χ1n) is 7.56. The molecule has 1 aromatic heterocycles. The first-order chi connectivity index (χ1) is 11.4. The van der Waals surface area contributed by atoms with Crippen LogP contribution in [-0.4, -0.2) is 26.7 Å². The zero-order valence-corrected chi connectivity index (χ0v) is 15.1. The Morgan fingerprint density at radius 1 is 1.21 bits per heavy atom. The maximum absolute atomic E-state index is 13.0. The third-order valence-corrected chi connectivity index (χ3v) is 6.04. The van der Waals surface area contributed by atoms with Crippen molar-refractivity contribution >= 4 is 27.3 Å². The molecule has 130 valence electrons. The molecule has 1 atom stereocenters. The van der Waals surface area contributed by atoms with Gasteiger partial charge in [0, 0.05) is 6.54 Å². The van der Waals surface area contributed by atoms with Crippen LogP contribution in [0.2, 0.25) is 0 Å². The number of hydrogen-bond donors (Lipinski definition) is 1. The van der Waals surface area contributed by atoms with Crippen LogP contribution in [0.3, 0.4) is 0 Å². The summed E-state index contributed by atoms with van der Waals surface area (Å²) in [5.41, 5.74) is 1.05. The van der Waals surface area contributed by atoms with Gasteiger partial charge >= 0.3 is 0 Å². The van der Waals surface area contributed by atoms with E-state index in [1.165, 1.54) is 6.26 Å². The molecule has 1 aromatic carbocycles. The van der Waals surface area contributed by atoms with Crippen LogP contribution in [0.25, 0.3) is 0 Å². The van der Waals surface area contributed by atoms with Crippen LogP contribution < -0.4 is 5.32 Å². The number of carbonyl (C=O) groups excluding carboxylic acids is 1. The fourth-order valence-electron chi connectivity index (χ4n) is 2.30. The quantitative estimate of drug-likeness (QED) is 0.760. The van der Waals surface area contributed by atoms with Crippen LogP contribution >= 0.6 is 11.6 Å². The largest absolute Gasteiger partial charge is 0.468 e. The average molecular weight is 370 g/mol. The molecular formula is C17H20ClNO4S. The number of alkyl halides is 1. The van der Waals surface area contributed by atoms with Gasteiger partial charge in [-0.3, -0.25) is 4.79 Å². The number of halogens is 1. The minimum absolute atomic E-state index is 0.104. The van der Waals surface area contributed by atoms with Gasteiger partial charge in [-0.15, -0.1) is 11.6 Å². The van der Waals surface area contributed by atoms with Crippen LogP contribution in [0, 0.1) is 0 Å². The first kappa shape index (κ1) is 18.5. The summed E-state index contributed by atoms with van der Waals surface area (Å²) in [6.45, 7) is 3.97. The number of benzene rings is 1. The summed E-state index contributed by atoms with van der Waals surface area (Å²) < 4.78 is 31.2. The summed E-state index contributed by atoms with van der Waals surface area (Å²) in [6.07, 6.45) is 1.41. The number of furan rings is 1. The molecule has 0 saturated heterocycles. The number of nitrogens with one attached hydrogen (secondary N) is 1. The molecule has 2 aromatic rings. The Labute approximate surface area is 146 Å². The van der Waals surface area contributed by atoms with Crippen molar-refractivity contribution in [1.82, 2.24) is 5.32 Å². The Hall–Kier alpha value is -1.79. The molecule has 1 heterocycles. The number of rotatable bonds is 7. The van der Waals surface area contributed by atoms with Crippen LogP contribution in [0.1, 0.15) is 36.3 Å². The third-order valence-electron chi connectivity index (χ3n) is 3.72. The predicted octanol–water partition coefficient (Wildman–Crippen LogP) is 3.27. The van der Waals surface area contributed by atoms with E-state index in [4.69, 9.17) is 16.0 Å². The van der Waals surface area contributed by atoms with Gasteiger partial charge in [-0.1, -0.05) is 26.0 Å². The molecular weight excluding hydrogens is 350 g/mol. The van der Waals surface area contributed by atoms with E-state index >= 15 is 0 Å². The molecule has 24 heavy (non-hydrogen) atoms. The van der Waals surface area contributed by atoms with Crippen molar-refractivity contribution in [3.8, 4) is 0 Å². The van der Waals surface area contributed by atoms with E-state index in [1.807, 2.05) is 13.8 Å². The normalized spacial score (nSPS) is 13.0. The van der Waals surface area contributed by atoms with Crippen molar-refractivity contribution in [2.45, 2.75) is 29.9 Å². The number of sulfone groups is 1. The van der Waals surface area contributed by atoms with Crippen LogP contribution in [0.4, 0.5) is 0 Å². The van der Waals surface area contributed by atoms with Crippen molar-refractivity contribution in [3.05, 3.63) is 54.0 Å². The van der Waals surface area contributed by atoms with Crippen molar-refractivity contribution in [2.75, 3.05) is 12.4 Å². The fraction of sp³-hybridized carbons (Fsp3) is 0.353. The van der Waals surface area contributed by atoms with Crippen LogP contribution in [0.5, 0.6) is 0 Å². The predicted molar refractivity (Wildman–Crippen MR) is 92.9 cm³/mol. The number of hydrogen-bond acceptors (Lipinski definition) is 4. The van der Waals surface area contributed by atoms with E-state index in [2.05, 4.69) is 5.32 Å². The van der Waals surface area contributed by atoms with Gasteiger partial charge in [0.25, 0.3) is 0 Å². The second-order valence-corrected chi connectivity index (χ2v) is 8.11. The van der Waals surface area contributed by atoms with E-state index in [0.29, 0.717) is 5.92 Å². The molecule has 0 spiro atoms. The molecule has 0 aliphatic carbocycles. The highest BCUT2D eigenvalue weighted by Gasteiger charge is 2.31.